The van der Waals surface area contributed by atoms with E-state index in [2.05, 4.69) is 99.0 Å². The number of allylic oxidation sites excluding steroid dienone is 9. The minimum atomic E-state index is 0.0342. The van der Waals surface area contributed by atoms with Crippen molar-refractivity contribution in [3.05, 3.63) is 92.7 Å². The summed E-state index contributed by atoms with van der Waals surface area (Å²) >= 11 is 2.47. The molecule has 2 aliphatic rings. The van der Waals surface area contributed by atoms with E-state index in [0.717, 1.165) is 25.7 Å². The maximum Gasteiger partial charge on any atom is 0.0168 e. The molecule has 1 heteroatoms. The Morgan fingerprint density at radius 2 is 2.04 bits per heavy atom. The third-order valence-electron chi connectivity index (χ3n) is 5.98. The Morgan fingerprint density at radius 3 is 2.67 bits per heavy atom. The molecular weight excluding hydrogens is 439 g/mol. The quantitative estimate of drug-likeness (QED) is 0.303. The van der Waals surface area contributed by atoms with Gasteiger partial charge in [0.2, 0.25) is 0 Å². The van der Waals surface area contributed by atoms with Gasteiger partial charge in [0.05, 0.1) is 0 Å². The molecule has 0 heterocycles. The summed E-state index contributed by atoms with van der Waals surface area (Å²) in [4.78, 5) is 0. The van der Waals surface area contributed by atoms with Crippen LogP contribution < -0.4 is 0 Å². The van der Waals surface area contributed by atoms with Gasteiger partial charge in [0.25, 0.3) is 0 Å². The molecule has 27 heavy (non-hydrogen) atoms. The molecule has 3 rings (SSSR count). The second kappa shape index (κ2) is 8.18. The first kappa shape index (κ1) is 20.1. The van der Waals surface area contributed by atoms with E-state index in [1.165, 1.54) is 42.6 Å². The van der Waals surface area contributed by atoms with Crippen LogP contribution in [-0.4, -0.2) is 0 Å². The first-order valence-electron chi connectivity index (χ1n) is 9.81. The number of halogens is 1. The molecule has 140 valence electrons. The van der Waals surface area contributed by atoms with Gasteiger partial charge in [-0.25, -0.2) is 0 Å². The summed E-state index contributed by atoms with van der Waals surface area (Å²) in [7, 11) is 0. The van der Waals surface area contributed by atoms with Gasteiger partial charge in [0, 0.05) is 8.99 Å². The fourth-order valence-electron chi connectivity index (χ4n) is 4.40. The molecule has 0 atom stereocenters. The third kappa shape index (κ3) is 3.71. The van der Waals surface area contributed by atoms with Crippen molar-refractivity contribution in [1.29, 1.82) is 0 Å². The van der Waals surface area contributed by atoms with Crippen LogP contribution in [0, 0.1) is 8.99 Å². The van der Waals surface area contributed by atoms with Gasteiger partial charge in [-0.3, -0.25) is 0 Å². The van der Waals surface area contributed by atoms with Gasteiger partial charge in [-0.1, -0.05) is 87.6 Å². The van der Waals surface area contributed by atoms with Crippen LogP contribution in [0.25, 0.3) is 11.6 Å². The van der Waals surface area contributed by atoms with Gasteiger partial charge in [0.1, 0.15) is 0 Å². The average molecular weight is 468 g/mol. The fraction of sp³-hybridized carbons (Fsp3) is 0.308. The SMILES string of the molecule is C=C/C=C(\C=C1/CC(CC)=C(C=C)C1(C)C)c1ccc(I)c2c1C=CCC2. The molecule has 0 amide bonds. The second-order valence-corrected chi connectivity index (χ2v) is 8.99. The first-order chi connectivity index (χ1) is 12.9. The van der Waals surface area contributed by atoms with Crippen molar-refractivity contribution in [1.82, 2.24) is 0 Å². The van der Waals surface area contributed by atoms with Crippen molar-refractivity contribution in [3.8, 4) is 0 Å². The summed E-state index contributed by atoms with van der Waals surface area (Å²) in [6.07, 6.45) is 17.5. The Bertz CT molecular complexity index is 900. The zero-order valence-electron chi connectivity index (χ0n) is 16.7. The standard InChI is InChI=1S/C26H29I/c1-6-11-19(17-20-16-18(7-2)24(8-3)26(20,4)5)21-14-15-25(27)23-13-10-9-12-22(21)23/h6,8-9,11-12,14-15,17H,1,3,7,10,13,16H2,2,4-5H3/b19-11+,20-17+. The van der Waals surface area contributed by atoms with Gasteiger partial charge in [-0.2, -0.15) is 0 Å². The Morgan fingerprint density at radius 1 is 1.26 bits per heavy atom. The number of benzene rings is 1. The summed E-state index contributed by atoms with van der Waals surface area (Å²) < 4.78 is 1.37. The fourth-order valence-corrected chi connectivity index (χ4v) is 5.14. The smallest absolute Gasteiger partial charge is 0.0168 e. The van der Waals surface area contributed by atoms with E-state index in [1.54, 1.807) is 0 Å². The number of hydrogen-bond acceptors (Lipinski definition) is 0. The highest BCUT2D eigenvalue weighted by atomic mass is 127. The van der Waals surface area contributed by atoms with Gasteiger partial charge in [0.15, 0.2) is 0 Å². The Hall–Kier alpha value is -1.61. The highest BCUT2D eigenvalue weighted by Crippen LogP contribution is 2.49. The summed E-state index contributed by atoms with van der Waals surface area (Å²) in [5, 5.41) is 0. The molecule has 0 aliphatic heterocycles. The zero-order valence-corrected chi connectivity index (χ0v) is 18.9. The van der Waals surface area contributed by atoms with Gasteiger partial charge >= 0.3 is 0 Å². The minimum Gasteiger partial charge on any atom is -0.0990 e. The van der Waals surface area contributed by atoms with E-state index < -0.39 is 0 Å². The van der Waals surface area contributed by atoms with Crippen LogP contribution >= 0.6 is 22.6 Å². The van der Waals surface area contributed by atoms with Crippen LogP contribution in [0.1, 0.15) is 56.7 Å². The predicted molar refractivity (Wildman–Crippen MR) is 129 cm³/mol. The molecule has 0 spiro atoms. The van der Waals surface area contributed by atoms with Gasteiger partial charge < -0.3 is 0 Å². The molecule has 2 aliphatic carbocycles. The predicted octanol–water partition coefficient (Wildman–Crippen LogP) is 8.07. The normalized spacial score (nSPS) is 20.1. The lowest BCUT2D eigenvalue weighted by Gasteiger charge is -2.25. The molecule has 1 aromatic carbocycles. The van der Waals surface area contributed by atoms with E-state index in [4.69, 9.17) is 0 Å². The molecule has 0 bridgehead atoms. The van der Waals surface area contributed by atoms with Crippen molar-refractivity contribution < 1.29 is 0 Å². The maximum absolute atomic E-state index is 4.09. The maximum atomic E-state index is 4.09. The Balaban J connectivity index is 2.12. The molecule has 0 radical (unpaired) electrons. The largest absolute Gasteiger partial charge is 0.0990 e. The summed E-state index contributed by atoms with van der Waals surface area (Å²) in [6, 6.07) is 4.53. The molecule has 0 N–H and O–H groups in total. The summed E-state index contributed by atoms with van der Waals surface area (Å²) in [6.45, 7) is 15.0. The van der Waals surface area contributed by atoms with Crippen molar-refractivity contribution in [2.24, 2.45) is 5.41 Å². The van der Waals surface area contributed by atoms with Gasteiger partial charge in [-0.15, -0.1) is 0 Å². The lowest BCUT2D eigenvalue weighted by atomic mass is 9.79. The van der Waals surface area contributed by atoms with Crippen LogP contribution in [0.3, 0.4) is 0 Å². The minimum absolute atomic E-state index is 0.0342. The van der Waals surface area contributed by atoms with Crippen LogP contribution in [0.5, 0.6) is 0 Å². The molecule has 0 aromatic heterocycles. The third-order valence-corrected chi connectivity index (χ3v) is 6.99. The summed E-state index contributed by atoms with van der Waals surface area (Å²) in [5.41, 5.74) is 9.85. The van der Waals surface area contributed by atoms with E-state index in [1.807, 2.05) is 6.08 Å². The van der Waals surface area contributed by atoms with Crippen molar-refractivity contribution >= 4 is 34.2 Å². The van der Waals surface area contributed by atoms with E-state index in [-0.39, 0.29) is 5.41 Å². The molecule has 0 saturated heterocycles. The number of rotatable bonds is 5. The number of fused-ring (bicyclic) bond motifs is 1. The lowest BCUT2D eigenvalue weighted by Crippen LogP contribution is -2.12. The molecule has 0 unspecified atom stereocenters. The number of hydrogen-bond donors (Lipinski definition) is 0. The summed E-state index contributed by atoms with van der Waals surface area (Å²) in [5.74, 6) is 0. The van der Waals surface area contributed by atoms with E-state index in [9.17, 15) is 0 Å². The van der Waals surface area contributed by atoms with E-state index >= 15 is 0 Å². The molecule has 0 nitrogen and oxygen atoms in total. The second-order valence-electron chi connectivity index (χ2n) is 7.83. The van der Waals surface area contributed by atoms with Crippen LogP contribution in [0.4, 0.5) is 0 Å². The van der Waals surface area contributed by atoms with Crippen molar-refractivity contribution in [2.75, 3.05) is 0 Å². The first-order valence-corrected chi connectivity index (χ1v) is 10.9. The van der Waals surface area contributed by atoms with Crippen molar-refractivity contribution in [3.63, 3.8) is 0 Å². The van der Waals surface area contributed by atoms with E-state index in [0.29, 0.717) is 0 Å². The monoisotopic (exact) mass is 468 g/mol. The van der Waals surface area contributed by atoms with Gasteiger partial charge in [-0.05, 0) is 82.2 Å². The van der Waals surface area contributed by atoms with Crippen molar-refractivity contribution in [2.45, 2.75) is 46.5 Å². The molecule has 0 fully saturated rings. The van der Waals surface area contributed by atoms with Crippen LogP contribution in [-0.2, 0) is 6.42 Å². The average Bonchev–Trinajstić information content (AvgIpc) is 2.91. The Kier molecular flexibility index (Phi) is 6.10. The molecule has 0 saturated carbocycles. The lowest BCUT2D eigenvalue weighted by molar-refractivity contribution is 0.567. The molecular formula is C26H29I. The highest BCUT2D eigenvalue weighted by molar-refractivity contribution is 14.1. The molecule has 1 aromatic rings. The van der Waals surface area contributed by atoms with Crippen LogP contribution in [0.15, 0.2) is 72.4 Å². The van der Waals surface area contributed by atoms with Crippen LogP contribution in [0.2, 0.25) is 0 Å². The topological polar surface area (TPSA) is 0 Å². The Labute approximate surface area is 178 Å². The zero-order chi connectivity index (χ0) is 19.6. The highest BCUT2D eigenvalue weighted by Gasteiger charge is 2.34.